The molecule has 20 heavy (non-hydrogen) atoms. The first kappa shape index (κ1) is 16.5. The van der Waals surface area contributed by atoms with Crippen LogP contribution >= 0.6 is 0 Å². The van der Waals surface area contributed by atoms with Gasteiger partial charge in [0, 0.05) is 11.7 Å². The Hall–Kier alpha value is -1.60. The summed E-state index contributed by atoms with van der Waals surface area (Å²) < 4.78 is 26.2. The van der Waals surface area contributed by atoms with Crippen molar-refractivity contribution in [2.75, 3.05) is 12.3 Å². The van der Waals surface area contributed by atoms with Gasteiger partial charge in [-0.2, -0.15) is 4.31 Å². The summed E-state index contributed by atoms with van der Waals surface area (Å²) in [4.78, 5) is 11.1. The zero-order valence-corrected chi connectivity index (χ0v) is 13.0. The molecule has 0 bridgehead atoms. The van der Waals surface area contributed by atoms with E-state index in [4.69, 9.17) is 11.5 Å². The van der Waals surface area contributed by atoms with Crippen molar-refractivity contribution in [3.05, 3.63) is 23.3 Å². The molecule has 1 amide bonds. The van der Waals surface area contributed by atoms with Crippen molar-refractivity contribution in [3.63, 3.8) is 0 Å². The predicted molar refractivity (Wildman–Crippen MR) is 78.6 cm³/mol. The number of hydrogen-bond acceptors (Lipinski definition) is 4. The molecule has 0 aromatic heterocycles. The Kier molecular flexibility index (Phi) is 4.77. The van der Waals surface area contributed by atoms with Gasteiger partial charge in [-0.05, 0) is 51.0 Å². The van der Waals surface area contributed by atoms with Crippen LogP contribution in [-0.2, 0) is 14.8 Å². The third-order valence-corrected chi connectivity index (χ3v) is 5.17. The number of aryl methyl sites for hydroxylation is 1. The minimum atomic E-state index is -3.80. The molecule has 0 spiro atoms. The number of primary amides is 1. The Bertz CT molecular complexity index is 601. The first-order valence-electron chi connectivity index (χ1n) is 6.24. The van der Waals surface area contributed by atoms with E-state index in [1.54, 1.807) is 26.8 Å². The molecule has 0 aliphatic heterocycles. The predicted octanol–water partition coefficient (Wildman–Crippen LogP) is 0.770. The first-order valence-corrected chi connectivity index (χ1v) is 7.68. The molecule has 1 aromatic carbocycles. The molecule has 0 aliphatic carbocycles. The maximum absolute atomic E-state index is 12.6. The van der Waals surface area contributed by atoms with Gasteiger partial charge in [0.15, 0.2) is 0 Å². The van der Waals surface area contributed by atoms with Crippen molar-refractivity contribution < 1.29 is 13.2 Å². The minimum absolute atomic E-state index is 0.0769. The minimum Gasteiger partial charge on any atom is -0.398 e. The Morgan fingerprint density at radius 3 is 2.25 bits per heavy atom. The second-order valence-corrected chi connectivity index (χ2v) is 6.96. The lowest BCUT2D eigenvalue weighted by Crippen LogP contribution is -2.42. The van der Waals surface area contributed by atoms with Crippen LogP contribution in [-0.4, -0.2) is 31.2 Å². The maximum atomic E-state index is 12.6. The van der Waals surface area contributed by atoms with E-state index in [9.17, 15) is 13.2 Å². The van der Waals surface area contributed by atoms with Crippen LogP contribution in [0.25, 0.3) is 0 Å². The van der Waals surface area contributed by atoms with E-state index in [-0.39, 0.29) is 17.5 Å². The average molecular weight is 299 g/mol. The number of sulfonamides is 1. The number of anilines is 1. The number of nitrogens with two attached hydrogens (primary N) is 2. The maximum Gasteiger partial charge on any atom is 0.243 e. The average Bonchev–Trinajstić information content (AvgIpc) is 2.31. The number of nitrogen functional groups attached to an aromatic ring is 1. The lowest BCUT2D eigenvalue weighted by atomic mass is 10.1. The van der Waals surface area contributed by atoms with E-state index in [1.165, 1.54) is 6.07 Å². The summed E-state index contributed by atoms with van der Waals surface area (Å²) in [5.41, 5.74) is 13.0. The molecule has 0 saturated heterocycles. The molecule has 112 valence electrons. The molecule has 0 heterocycles. The van der Waals surface area contributed by atoms with Gasteiger partial charge in [-0.15, -0.1) is 0 Å². The summed E-state index contributed by atoms with van der Waals surface area (Å²) in [5, 5.41) is 0. The normalized spacial score (nSPS) is 12.1. The van der Waals surface area contributed by atoms with E-state index in [0.717, 1.165) is 15.4 Å². The van der Waals surface area contributed by atoms with Crippen molar-refractivity contribution in [1.29, 1.82) is 0 Å². The Labute approximate surface area is 119 Å². The van der Waals surface area contributed by atoms with Gasteiger partial charge in [-0.3, -0.25) is 4.79 Å². The summed E-state index contributed by atoms with van der Waals surface area (Å²) in [5.74, 6) is -0.695. The molecule has 0 aliphatic rings. The van der Waals surface area contributed by atoms with Crippen LogP contribution < -0.4 is 11.5 Å². The molecular weight excluding hydrogens is 278 g/mol. The van der Waals surface area contributed by atoms with Gasteiger partial charge in [0.2, 0.25) is 15.9 Å². The number of amides is 1. The zero-order valence-electron chi connectivity index (χ0n) is 12.2. The molecule has 4 N–H and O–H groups in total. The van der Waals surface area contributed by atoms with Gasteiger partial charge in [-0.1, -0.05) is 0 Å². The fourth-order valence-corrected chi connectivity index (χ4v) is 3.56. The van der Waals surface area contributed by atoms with E-state index in [2.05, 4.69) is 0 Å². The van der Waals surface area contributed by atoms with E-state index in [0.29, 0.717) is 5.69 Å². The third-order valence-electron chi connectivity index (χ3n) is 3.18. The van der Waals surface area contributed by atoms with Crippen LogP contribution in [0.2, 0.25) is 0 Å². The fourth-order valence-electron chi connectivity index (χ4n) is 1.84. The van der Waals surface area contributed by atoms with Crippen molar-refractivity contribution in [2.45, 2.75) is 38.6 Å². The lowest BCUT2D eigenvalue weighted by Gasteiger charge is -2.25. The number of carbonyl (C=O) groups excluding carboxylic acids is 1. The number of rotatable bonds is 5. The van der Waals surface area contributed by atoms with Gasteiger partial charge in [0.05, 0.1) is 11.4 Å². The molecule has 0 fully saturated rings. The van der Waals surface area contributed by atoms with Gasteiger partial charge in [0.25, 0.3) is 0 Å². The summed E-state index contributed by atoms with van der Waals surface area (Å²) in [7, 11) is -3.80. The van der Waals surface area contributed by atoms with Gasteiger partial charge in [-0.25, -0.2) is 8.42 Å². The van der Waals surface area contributed by atoms with Crippen LogP contribution in [0, 0.1) is 13.8 Å². The summed E-state index contributed by atoms with van der Waals surface area (Å²) in [6.45, 7) is 6.63. The largest absolute Gasteiger partial charge is 0.398 e. The highest BCUT2D eigenvalue weighted by molar-refractivity contribution is 7.89. The monoisotopic (exact) mass is 299 g/mol. The number of hydrogen-bond donors (Lipinski definition) is 2. The van der Waals surface area contributed by atoms with Crippen molar-refractivity contribution in [3.8, 4) is 0 Å². The molecule has 0 atom stereocenters. The number of benzene rings is 1. The smallest absolute Gasteiger partial charge is 0.243 e. The summed E-state index contributed by atoms with van der Waals surface area (Å²) in [6, 6.07) is 2.58. The van der Waals surface area contributed by atoms with Gasteiger partial charge < -0.3 is 11.5 Å². The van der Waals surface area contributed by atoms with E-state index >= 15 is 0 Å². The Morgan fingerprint density at radius 1 is 1.30 bits per heavy atom. The molecular formula is C13H21N3O3S. The lowest BCUT2D eigenvalue weighted by molar-refractivity contribution is -0.118. The number of carbonyl (C=O) groups is 1. The highest BCUT2D eigenvalue weighted by Crippen LogP contribution is 2.25. The van der Waals surface area contributed by atoms with E-state index < -0.39 is 15.9 Å². The van der Waals surface area contributed by atoms with Crippen molar-refractivity contribution in [2.24, 2.45) is 5.73 Å². The molecule has 1 rings (SSSR count). The molecule has 1 aromatic rings. The zero-order chi connectivity index (χ0) is 15.7. The quantitative estimate of drug-likeness (QED) is 0.783. The Balaban J connectivity index is 3.37. The van der Waals surface area contributed by atoms with Crippen LogP contribution in [0.1, 0.15) is 25.0 Å². The third kappa shape index (κ3) is 3.29. The van der Waals surface area contributed by atoms with Crippen LogP contribution in [0.3, 0.4) is 0 Å². The molecule has 0 unspecified atom stereocenters. The highest BCUT2D eigenvalue weighted by atomic mass is 32.2. The molecule has 7 heteroatoms. The van der Waals surface area contributed by atoms with Crippen molar-refractivity contribution >= 4 is 21.6 Å². The van der Waals surface area contributed by atoms with Crippen LogP contribution in [0.4, 0.5) is 5.69 Å². The second kappa shape index (κ2) is 5.80. The second-order valence-electron chi connectivity index (χ2n) is 5.06. The summed E-state index contributed by atoms with van der Waals surface area (Å²) >= 11 is 0. The number of nitrogens with zero attached hydrogens (tertiary/aromatic N) is 1. The topological polar surface area (TPSA) is 106 Å². The van der Waals surface area contributed by atoms with Gasteiger partial charge >= 0.3 is 0 Å². The van der Waals surface area contributed by atoms with Gasteiger partial charge in [0.1, 0.15) is 0 Å². The molecule has 6 nitrogen and oxygen atoms in total. The standard InChI is InChI=1S/C13H21N3O3S/c1-8(2)16(7-13(15)17)20(18,19)11-5-9(3)10(4)12(14)6-11/h5-6,8H,7,14H2,1-4H3,(H2,15,17). The highest BCUT2D eigenvalue weighted by Gasteiger charge is 2.29. The van der Waals surface area contributed by atoms with E-state index in [1.807, 2.05) is 6.92 Å². The molecule has 0 saturated carbocycles. The van der Waals surface area contributed by atoms with Crippen LogP contribution in [0.15, 0.2) is 17.0 Å². The fraction of sp³-hybridized carbons (Fsp3) is 0.462. The SMILES string of the molecule is Cc1cc(S(=O)(=O)N(CC(N)=O)C(C)C)cc(N)c1C. The molecule has 0 radical (unpaired) electrons. The first-order chi connectivity index (χ1) is 9.07. The van der Waals surface area contributed by atoms with Crippen molar-refractivity contribution in [1.82, 2.24) is 4.31 Å². The Morgan fingerprint density at radius 2 is 1.85 bits per heavy atom. The summed E-state index contributed by atoms with van der Waals surface area (Å²) in [6.07, 6.45) is 0. The van der Waals surface area contributed by atoms with Crippen LogP contribution in [0.5, 0.6) is 0 Å².